The number of likely N-dealkylation sites (tertiary alicyclic amines) is 1. The first-order chi connectivity index (χ1) is 16.0. The molecule has 2 unspecified atom stereocenters. The van der Waals surface area contributed by atoms with Crippen LogP contribution in [0, 0.1) is 5.92 Å². The molecule has 0 spiro atoms. The zero-order valence-electron chi connectivity index (χ0n) is 19.8. The molecule has 33 heavy (non-hydrogen) atoms. The number of benzene rings is 1. The molecule has 2 aromatic rings. The van der Waals surface area contributed by atoms with Crippen LogP contribution in [0.25, 0.3) is 0 Å². The van der Waals surface area contributed by atoms with Gasteiger partial charge in [-0.15, -0.1) is 0 Å². The zero-order valence-corrected chi connectivity index (χ0v) is 19.8. The van der Waals surface area contributed by atoms with Crippen LogP contribution in [0.5, 0.6) is 5.75 Å². The molecule has 7 heteroatoms. The second-order valence-corrected chi connectivity index (χ2v) is 8.73. The quantitative estimate of drug-likeness (QED) is 0.420. The number of nitrogens with one attached hydrogen (secondary N) is 1. The average molecular weight is 455 g/mol. The van der Waals surface area contributed by atoms with Gasteiger partial charge in [0.05, 0.1) is 20.0 Å². The Morgan fingerprint density at radius 3 is 2.70 bits per heavy atom. The Morgan fingerprint density at radius 2 is 2.00 bits per heavy atom. The summed E-state index contributed by atoms with van der Waals surface area (Å²) in [5.74, 6) is 1.64. The number of piperidine rings is 1. The monoisotopic (exact) mass is 454 g/mol. The van der Waals surface area contributed by atoms with E-state index < -0.39 is 0 Å². The van der Waals surface area contributed by atoms with E-state index in [1.54, 1.807) is 6.20 Å². The SMILES string of the molecule is CCCC(=O)O[N+]1(C(C)=O)CCCC(Cc2ccc(OCCCNc3ccccn3)cc2)C1. The molecule has 2 heterocycles. The molecule has 1 fully saturated rings. The first-order valence-electron chi connectivity index (χ1n) is 12.0. The summed E-state index contributed by atoms with van der Waals surface area (Å²) in [5, 5.41) is 3.27. The lowest BCUT2D eigenvalue weighted by atomic mass is 9.91. The Labute approximate surface area is 196 Å². The highest BCUT2D eigenvalue weighted by Crippen LogP contribution is 2.28. The van der Waals surface area contributed by atoms with E-state index in [9.17, 15) is 9.59 Å². The predicted octanol–water partition coefficient (Wildman–Crippen LogP) is 4.54. The van der Waals surface area contributed by atoms with Crippen molar-refractivity contribution in [1.82, 2.24) is 4.98 Å². The molecule has 0 saturated carbocycles. The highest BCUT2D eigenvalue weighted by molar-refractivity contribution is 5.71. The van der Waals surface area contributed by atoms with Gasteiger partial charge in [0.15, 0.2) is 0 Å². The number of hydrogen-bond acceptors (Lipinski definition) is 6. The third-order valence-electron chi connectivity index (χ3n) is 6.00. The zero-order chi connectivity index (χ0) is 23.5. The van der Waals surface area contributed by atoms with Crippen LogP contribution >= 0.6 is 0 Å². The third kappa shape index (κ3) is 7.56. The first kappa shape index (κ1) is 24.7. The number of amides is 1. The number of anilines is 1. The van der Waals surface area contributed by atoms with Crippen LogP contribution in [-0.4, -0.2) is 47.7 Å². The Morgan fingerprint density at radius 1 is 1.18 bits per heavy atom. The summed E-state index contributed by atoms with van der Waals surface area (Å²) in [4.78, 5) is 34.4. The number of rotatable bonds is 10. The van der Waals surface area contributed by atoms with Gasteiger partial charge in [-0.1, -0.05) is 29.8 Å². The van der Waals surface area contributed by atoms with Crippen LogP contribution in [0.2, 0.25) is 0 Å². The van der Waals surface area contributed by atoms with Crippen molar-refractivity contribution in [2.45, 2.75) is 52.4 Å². The molecule has 1 aliphatic heterocycles. The molecule has 1 aliphatic rings. The lowest BCUT2D eigenvalue weighted by molar-refractivity contribution is -1.03. The van der Waals surface area contributed by atoms with Crippen LogP contribution in [-0.2, 0) is 20.8 Å². The van der Waals surface area contributed by atoms with Gasteiger partial charge >= 0.3 is 11.9 Å². The van der Waals surface area contributed by atoms with Crippen LogP contribution < -0.4 is 10.1 Å². The highest BCUT2D eigenvalue weighted by Gasteiger charge is 2.44. The Hall–Kier alpha value is -2.93. The smallest absolute Gasteiger partial charge is 0.367 e. The van der Waals surface area contributed by atoms with Gasteiger partial charge in [0.25, 0.3) is 0 Å². The molecule has 3 rings (SSSR count). The van der Waals surface area contributed by atoms with E-state index in [0.717, 1.165) is 50.2 Å². The molecule has 7 nitrogen and oxygen atoms in total. The maximum absolute atomic E-state index is 12.4. The molecule has 0 bridgehead atoms. The van der Waals surface area contributed by atoms with Crippen molar-refractivity contribution in [3.05, 3.63) is 54.2 Å². The molecule has 1 aromatic carbocycles. The minimum absolute atomic E-state index is 0.0922. The molecule has 178 valence electrons. The fourth-order valence-corrected chi connectivity index (χ4v) is 4.28. The van der Waals surface area contributed by atoms with Crippen molar-refractivity contribution in [2.24, 2.45) is 5.92 Å². The van der Waals surface area contributed by atoms with Gasteiger partial charge in [-0.2, -0.15) is 0 Å². The van der Waals surface area contributed by atoms with E-state index in [4.69, 9.17) is 9.57 Å². The molecule has 1 saturated heterocycles. The molecule has 1 amide bonds. The number of hydrogen-bond donors (Lipinski definition) is 1. The molecular formula is C26H36N3O4+. The lowest BCUT2D eigenvalue weighted by Gasteiger charge is -2.37. The molecule has 2 atom stereocenters. The second kappa shape index (κ2) is 12.3. The first-order valence-corrected chi connectivity index (χ1v) is 12.0. The van der Waals surface area contributed by atoms with E-state index >= 15 is 0 Å². The van der Waals surface area contributed by atoms with Crippen molar-refractivity contribution < 1.29 is 23.8 Å². The summed E-state index contributed by atoms with van der Waals surface area (Å²) in [6, 6.07) is 14.0. The van der Waals surface area contributed by atoms with Crippen LogP contribution in [0.1, 0.15) is 51.5 Å². The van der Waals surface area contributed by atoms with Crippen molar-refractivity contribution in [2.75, 3.05) is 31.6 Å². The fraction of sp³-hybridized carbons (Fsp3) is 0.500. The van der Waals surface area contributed by atoms with Crippen molar-refractivity contribution in [3.63, 3.8) is 0 Å². The van der Waals surface area contributed by atoms with Gasteiger partial charge in [0.2, 0.25) is 0 Å². The van der Waals surface area contributed by atoms with Gasteiger partial charge in [-0.25, -0.2) is 14.6 Å². The molecule has 1 aromatic heterocycles. The summed E-state index contributed by atoms with van der Waals surface area (Å²) >= 11 is 0. The topological polar surface area (TPSA) is 77.5 Å². The number of quaternary nitrogens is 1. The molecule has 0 aliphatic carbocycles. The van der Waals surface area contributed by atoms with Crippen molar-refractivity contribution in [3.8, 4) is 5.75 Å². The number of nitrogens with zero attached hydrogens (tertiary/aromatic N) is 2. The third-order valence-corrected chi connectivity index (χ3v) is 6.00. The number of ether oxygens (including phenoxy) is 1. The maximum Gasteiger partial charge on any atom is 0.367 e. The number of pyridine rings is 1. The molecule has 0 radical (unpaired) electrons. The fourth-order valence-electron chi connectivity index (χ4n) is 4.28. The minimum atomic E-state index is -0.287. The summed E-state index contributed by atoms with van der Waals surface area (Å²) in [6.45, 7) is 6.01. The van der Waals surface area contributed by atoms with E-state index in [2.05, 4.69) is 22.4 Å². The number of hydroxylamine groups is 3. The minimum Gasteiger partial charge on any atom is -0.494 e. The summed E-state index contributed by atoms with van der Waals surface area (Å²) < 4.78 is 5.69. The Balaban J connectivity index is 1.45. The van der Waals surface area contributed by atoms with Gasteiger partial charge in [-0.3, -0.25) is 4.84 Å². The van der Waals surface area contributed by atoms with E-state index in [1.165, 1.54) is 12.5 Å². The largest absolute Gasteiger partial charge is 0.494 e. The van der Waals surface area contributed by atoms with Crippen LogP contribution in [0.15, 0.2) is 48.7 Å². The normalized spacial score (nSPS) is 20.1. The highest BCUT2D eigenvalue weighted by atomic mass is 16.8. The maximum atomic E-state index is 12.4. The summed E-state index contributed by atoms with van der Waals surface area (Å²) in [7, 11) is 0. The van der Waals surface area contributed by atoms with Crippen molar-refractivity contribution in [1.29, 1.82) is 0 Å². The van der Waals surface area contributed by atoms with E-state index in [-0.39, 0.29) is 16.5 Å². The number of carbonyl (C=O) groups is 2. The summed E-state index contributed by atoms with van der Waals surface area (Å²) in [5.41, 5.74) is 1.20. The second-order valence-electron chi connectivity index (χ2n) is 8.73. The van der Waals surface area contributed by atoms with Gasteiger partial charge in [0.1, 0.15) is 24.7 Å². The Kier molecular flexibility index (Phi) is 9.24. The van der Waals surface area contributed by atoms with Crippen LogP contribution in [0.4, 0.5) is 5.82 Å². The average Bonchev–Trinajstić information content (AvgIpc) is 2.81. The number of aromatic nitrogens is 1. The van der Waals surface area contributed by atoms with E-state index in [1.807, 2.05) is 37.3 Å². The summed E-state index contributed by atoms with van der Waals surface area (Å²) in [6.07, 6.45) is 6.46. The lowest BCUT2D eigenvalue weighted by Crippen LogP contribution is -2.58. The molecule has 1 N–H and O–H groups in total. The molecular weight excluding hydrogens is 418 g/mol. The van der Waals surface area contributed by atoms with Gasteiger partial charge < -0.3 is 10.1 Å². The van der Waals surface area contributed by atoms with Gasteiger partial charge in [0, 0.05) is 25.1 Å². The van der Waals surface area contributed by atoms with Gasteiger partial charge in [-0.05, 0) is 55.5 Å². The predicted molar refractivity (Wildman–Crippen MR) is 127 cm³/mol. The standard InChI is InChI=1S/C26H36N3O4/c1-3-8-26(31)33-29(21(2)30)17-6-9-23(20-29)19-22-11-13-24(14-12-22)32-18-7-16-28-25-10-4-5-15-27-25/h4-5,10-15,23H,3,6-9,16-20H2,1-2H3,(H,27,28)/q+1. The van der Waals surface area contributed by atoms with Crippen LogP contribution in [0.3, 0.4) is 0 Å². The van der Waals surface area contributed by atoms with E-state index in [0.29, 0.717) is 32.0 Å². The number of carbonyl (C=O) groups excluding carboxylic acids is 2. The van der Waals surface area contributed by atoms with Crippen molar-refractivity contribution >= 4 is 17.7 Å². The Bertz CT molecular complexity index is 888.